The molecule has 1 aromatic heterocycles. The average molecular weight is 198 g/mol. The minimum absolute atomic E-state index is 0.240. The van der Waals surface area contributed by atoms with E-state index in [0.717, 1.165) is 0 Å². The first-order chi connectivity index (χ1) is 5.86. The van der Waals surface area contributed by atoms with Crippen LogP contribution in [-0.2, 0) is 5.92 Å². The molecule has 0 bridgehead atoms. The van der Waals surface area contributed by atoms with Crippen LogP contribution in [-0.4, -0.2) is 21.4 Å². The highest BCUT2D eigenvalue weighted by Crippen LogP contribution is 2.42. The Balaban J connectivity index is 3.08. The Bertz CT molecular complexity index is 282. The monoisotopic (exact) mass is 198 g/mol. The zero-order chi connectivity index (χ0) is 10.1. The summed E-state index contributed by atoms with van der Waals surface area (Å²) in [7, 11) is 0. The van der Waals surface area contributed by atoms with E-state index >= 15 is 0 Å². The fourth-order valence-corrected chi connectivity index (χ4v) is 0.511. The first-order valence-corrected chi connectivity index (χ1v) is 2.86. The zero-order valence-corrected chi connectivity index (χ0v) is 5.81. The molecule has 0 atom stereocenters. The van der Waals surface area contributed by atoms with Crippen LogP contribution in [0, 0.1) is 6.33 Å². The third kappa shape index (κ3) is 1.70. The van der Waals surface area contributed by atoms with Crippen molar-refractivity contribution in [1.29, 1.82) is 0 Å². The van der Waals surface area contributed by atoms with Crippen LogP contribution >= 0.6 is 0 Å². The largest absolute Gasteiger partial charge is 0.459 e. The Labute approximate surface area is 68.6 Å². The average Bonchev–Trinajstić information content (AvgIpc) is 2.04. The Hall–Kier alpha value is -1.34. The molecule has 0 saturated heterocycles. The smallest absolute Gasteiger partial charge is 0.220 e. The van der Waals surface area contributed by atoms with Gasteiger partial charge >= 0.3 is 12.1 Å². The van der Waals surface area contributed by atoms with E-state index in [1.54, 1.807) is 6.33 Å². The van der Waals surface area contributed by atoms with Crippen molar-refractivity contribution in [2.75, 3.05) is 0 Å². The predicted octanol–water partition coefficient (Wildman–Crippen LogP) is 1.33. The van der Waals surface area contributed by atoms with Gasteiger partial charge in [0.25, 0.3) is 0 Å². The second-order valence-corrected chi connectivity index (χ2v) is 2.01. The Kier molecular flexibility index (Phi) is 2.14. The molecule has 0 spiro atoms. The highest BCUT2D eigenvalue weighted by Gasteiger charge is 2.60. The summed E-state index contributed by atoms with van der Waals surface area (Å²) in [5.41, 5.74) is -1.52. The highest BCUT2D eigenvalue weighted by molar-refractivity contribution is 5.04. The third-order valence-electron chi connectivity index (χ3n) is 1.13. The van der Waals surface area contributed by atoms with Crippen LogP contribution in [0.1, 0.15) is 5.69 Å². The molecule has 0 unspecified atom stereocenters. The molecular formula is C5HF5N3. The summed E-state index contributed by atoms with van der Waals surface area (Å²) in [6.07, 6.45) is -3.90. The van der Waals surface area contributed by atoms with Crippen molar-refractivity contribution in [3.05, 3.63) is 18.2 Å². The maximum absolute atomic E-state index is 12.4. The molecule has 0 fully saturated rings. The van der Waals surface area contributed by atoms with Gasteiger partial charge in [0.1, 0.15) is 5.69 Å². The van der Waals surface area contributed by atoms with Gasteiger partial charge in [-0.15, -0.1) is 5.10 Å². The molecule has 0 amide bonds. The lowest BCUT2D eigenvalue weighted by molar-refractivity contribution is -0.291. The first kappa shape index (κ1) is 9.75. The van der Waals surface area contributed by atoms with Crippen molar-refractivity contribution < 1.29 is 22.0 Å². The van der Waals surface area contributed by atoms with E-state index in [1.165, 1.54) is 0 Å². The highest BCUT2D eigenvalue weighted by atomic mass is 19.4. The second-order valence-electron chi connectivity index (χ2n) is 2.01. The Morgan fingerprint density at radius 3 is 2.15 bits per heavy atom. The van der Waals surface area contributed by atoms with Gasteiger partial charge in [-0.05, 0) is 0 Å². The van der Waals surface area contributed by atoms with Crippen molar-refractivity contribution in [2.45, 2.75) is 12.1 Å². The lowest BCUT2D eigenvalue weighted by Gasteiger charge is -2.17. The van der Waals surface area contributed by atoms with E-state index in [-0.39, 0.29) is 6.20 Å². The summed E-state index contributed by atoms with van der Waals surface area (Å²) >= 11 is 0. The SMILES string of the molecule is FC(F)(F)C(F)(F)c1cnn[c]n1. The molecule has 0 aliphatic rings. The van der Waals surface area contributed by atoms with Gasteiger partial charge in [0.2, 0.25) is 6.33 Å². The number of hydrogen-bond donors (Lipinski definition) is 0. The topological polar surface area (TPSA) is 38.7 Å². The third-order valence-corrected chi connectivity index (χ3v) is 1.13. The van der Waals surface area contributed by atoms with Crippen LogP contribution in [0.15, 0.2) is 6.20 Å². The fourth-order valence-electron chi connectivity index (χ4n) is 0.511. The van der Waals surface area contributed by atoms with E-state index in [0.29, 0.717) is 0 Å². The van der Waals surface area contributed by atoms with Crippen LogP contribution < -0.4 is 0 Å². The minimum Gasteiger partial charge on any atom is -0.220 e. The number of aromatic nitrogens is 3. The van der Waals surface area contributed by atoms with Gasteiger partial charge < -0.3 is 0 Å². The van der Waals surface area contributed by atoms with E-state index < -0.39 is 17.8 Å². The maximum Gasteiger partial charge on any atom is 0.459 e. The van der Waals surface area contributed by atoms with Crippen molar-refractivity contribution in [1.82, 2.24) is 15.2 Å². The Morgan fingerprint density at radius 2 is 1.77 bits per heavy atom. The Morgan fingerprint density at radius 1 is 1.15 bits per heavy atom. The molecule has 1 rings (SSSR count). The molecule has 71 valence electrons. The molecule has 0 aliphatic carbocycles. The summed E-state index contributed by atoms with van der Waals surface area (Å²) < 4.78 is 59.8. The number of rotatable bonds is 1. The van der Waals surface area contributed by atoms with Gasteiger partial charge in [-0.1, -0.05) is 0 Å². The van der Waals surface area contributed by atoms with Crippen molar-refractivity contribution in [2.24, 2.45) is 0 Å². The number of nitrogens with zero attached hydrogens (tertiary/aromatic N) is 3. The molecule has 3 nitrogen and oxygen atoms in total. The zero-order valence-electron chi connectivity index (χ0n) is 5.81. The van der Waals surface area contributed by atoms with Crippen molar-refractivity contribution >= 4 is 0 Å². The van der Waals surface area contributed by atoms with Crippen LogP contribution in [0.25, 0.3) is 0 Å². The summed E-state index contributed by atoms with van der Waals surface area (Å²) in [6.45, 7) is 0. The number of hydrogen-bond acceptors (Lipinski definition) is 3. The normalized spacial score (nSPS) is 13.0. The molecule has 1 aromatic rings. The maximum atomic E-state index is 12.4. The summed E-state index contributed by atoms with van der Waals surface area (Å²) in [6, 6.07) is 0. The molecule has 1 heterocycles. The van der Waals surface area contributed by atoms with Gasteiger partial charge in [-0.25, -0.2) is 4.98 Å². The first-order valence-electron chi connectivity index (χ1n) is 2.86. The predicted molar refractivity (Wildman–Crippen MR) is 28.6 cm³/mol. The van der Waals surface area contributed by atoms with E-state index in [1.807, 2.05) is 0 Å². The van der Waals surface area contributed by atoms with Crippen LogP contribution in [0.5, 0.6) is 0 Å². The van der Waals surface area contributed by atoms with Gasteiger partial charge in [-0.3, -0.25) is 0 Å². The molecule has 0 N–H and O–H groups in total. The van der Waals surface area contributed by atoms with E-state index in [4.69, 9.17) is 0 Å². The molecule has 1 radical (unpaired) electrons. The van der Waals surface area contributed by atoms with E-state index in [9.17, 15) is 22.0 Å². The van der Waals surface area contributed by atoms with Gasteiger partial charge in [0, 0.05) is 0 Å². The van der Waals surface area contributed by atoms with Gasteiger partial charge in [0.15, 0.2) is 0 Å². The standard InChI is InChI=1S/C5HF5N3/c6-4(7,5(8,9)10)3-1-12-13-2-11-3/h1H. The van der Waals surface area contributed by atoms with Crippen LogP contribution in [0.4, 0.5) is 22.0 Å². The molecule has 0 saturated carbocycles. The van der Waals surface area contributed by atoms with Gasteiger partial charge in [-0.2, -0.15) is 27.1 Å². The lowest BCUT2D eigenvalue weighted by atomic mass is 10.2. The van der Waals surface area contributed by atoms with Crippen LogP contribution in [0.3, 0.4) is 0 Å². The summed E-state index contributed by atoms with van der Waals surface area (Å²) in [5.74, 6) is -5.01. The van der Waals surface area contributed by atoms with Crippen molar-refractivity contribution in [3.8, 4) is 0 Å². The van der Waals surface area contributed by atoms with Gasteiger partial charge in [0.05, 0.1) is 6.20 Å². The number of alkyl halides is 5. The van der Waals surface area contributed by atoms with E-state index in [2.05, 4.69) is 15.2 Å². The van der Waals surface area contributed by atoms with Crippen molar-refractivity contribution in [3.63, 3.8) is 0 Å². The molecular weight excluding hydrogens is 197 g/mol. The lowest BCUT2D eigenvalue weighted by Crippen LogP contribution is -2.34. The molecule has 0 aromatic carbocycles. The fraction of sp³-hybridized carbons (Fsp3) is 0.400. The minimum atomic E-state index is -5.68. The number of halogens is 5. The summed E-state index contributed by atoms with van der Waals surface area (Å²) in [4.78, 5) is 2.65. The van der Waals surface area contributed by atoms with Crippen LogP contribution in [0.2, 0.25) is 0 Å². The summed E-state index contributed by atoms with van der Waals surface area (Å²) in [5, 5.41) is 5.67. The molecule has 0 aliphatic heterocycles. The molecule has 8 heteroatoms. The second kappa shape index (κ2) is 2.86. The quantitative estimate of drug-likeness (QED) is 0.639. The molecule has 13 heavy (non-hydrogen) atoms.